The van der Waals surface area contributed by atoms with E-state index < -0.39 is 10.9 Å². The molecular formula is C16H11N3O4. The van der Waals surface area contributed by atoms with Gasteiger partial charge in [-0.2, -0.15) is 0 Å². The first-order chi connectivity index (χ1) is 11.0. The lowest BCUT2D eigenvalue weighted by Gasteiger charge is -2.02. The first-order valence-electron chi connectivity index (χ1n) is 6.67. The van der Waals surface area contributed by atoms with Crippen molar-refractivity contribution >= 4 is 11.7 Å². The van der Waals surface area contributed by atoms with Crippen molar-refractivity contribution in [2.24, 2.45) is 0 Å². The molecule has 7 heteroatoms. The van der Waals surface area contributed by atoms with Gasteiger partial charge in [0.15, 0.2) is 0 Å². The molecule has 0 fully saturated rings. The first kappa shape index (κ1) is 14.5. The fraction of sp³-hybridized carbons (Fsp3) is 0. The highest BCUT2D eigenvalue weighted by Crippen LogP contribution is 2.22. The largest absolute Gasteiger partial charge is 0.478 e. The van der Waals surface area contributed by atoms with Crippen molar-refractivity contribution < 1.29 is 14.8 Å². The van der Waals surface area contributed by atoms with Crippen LogP contribution in [-0.4, -0.2) is 25.6 Å². The summed E-state index contributed by atoms with van der Waals surface area (Å²) < 4.78 is 1.70. The lowest BCUT2D eigenvalue weighted by Crippen LogP contribution is -1.98. The van der Waals surface area contributed by atoms with Gasteiger partial charge in [-0.25, -0.2) is 9.78 Å². The summed E-state index contributed by atoms with van der Waals surface area (Å²) in [5.74, 6) is -0.998. The fourth-order valence-corrected chi connectivity index (χ4v) is 2.17. The number of carboxylic acids is 1. The molecule has 2 aromatic carbocycles. The summed E-state index contributed by atoms with van der Waals surface area (Å²) >= 11 is 0. The van der Waals surface area contributed by atoms with Gasteiger partial charge in [0.05, 0.1) is 22.5 Å². The predicted octanol–water partition coefficient (Wildman–Crippen LogP) is 3.15. The van der Waals surface area contributed by atoms with Crippen molar-refractivity contribution in [3.05, 3.63) is 76.7 Å². The summed E-state index contributed by atoms with van der Waals surface area (Å²) in [7, 11) is 0. The fourth-order valence-electron chi connectivity index (χ4n) is 2.17. The van der Waals surface area contributed by atoms with Crippen LogP contribution in [0.25, 0.3) is 16.9 Å². The summed E-state index contributed by atoms with van der Waals surface area (Å²) in [5, 5.41) is 19.7. The molecule has 0 spiro atoms. The summed E-state index contributed by atoms with van der Waals surface area (Å²) in [6, 6.07) is 12.6. The van der Waals surface area contributed by atoms with Crippen molar-refractivity contribution in [1.29, 1.82) is 0 Å². The highest BCUT2D eigenvalue weighted by atomic mass is 16.6. The van der Waals surface area contributed by atoms with Crippen LogP contribution in [0.2, 0.25) is 0 Å². The summed E-state index contributed by atoms with van der Waals surface area (Å²) in [5.41, 5.74) is 2.25. The Balaban J connectivity index is 1.92. The quantitative estimate of drug-likeness (QED) is 0.589. The van der Waals surface area contributed by atoms with Crippen LogP contribution in [0.15, 0.2) is 61.1 Å². The topological polar surface area (TPSA) is 98.3 Å². The molecule has 7 nitrogen and oxygen atoms in total. The van der Waals surface area contributed by atoms with Crippen LogP contribution >= 0.6 is 0 Å². The van der Waals surface area contributed by atoms with Gasteiger partial charge in [-0.1, -0.05) is 6.07 Å². The summed E-state index contributed by atoms with van der Waals surface area (Å²) in [6.07, 6.45) is 3.31. The van der Waals surface area contributed by atoms with E-state index in [1.54, 1.807) is 47.4 Å². The molecule has 0 aliphatic heterocycles. The summed E-state index contributed by atoms with van der Waals surface area (Å²) in [4.78, 5) is 25.5. The Labute approximate surface area is 130 Å². The number of nitro groups is 1. The number of rotatable bonds is 4. The number of hydrogen-bond acceptors (Lipinski definition) is 4. The van der Waals surface area contributed by atoms with Crippen molar-refractivity contribution in [1.82, 2.24) is 9.55 Å². The van der Waals surface area contributed by atoms with Gasteiger partial charge < -0.3 is 9.67 Å². The average Bonchev–Trinajstić information content (AvgIpc) is 3.05. The van der Waals surface area contributed by atoms with Crippen molar-refractivity contribution in [3.8, 4) is 16.9 Å². The Morgan fingerprint density at radius 3 is 2.57 bits per heavy atom. The minimum atomic E-state index is -0.998. The van der Waals surface area contributed by atoms with Gasteiger partial charge in [0.1, 0.15) is 0 Å². The van der Waals surface area contributed by atoms with Gasteiger partial charge in [0.25, 0.3) is 5.69 Å². The van der Waals surface area contributed by atoms with Crippen LogP contribution in [-0.2, 0) is 0 Å². The molecule has 114 valence electrons. The molecule has 0 radical (unpaired) electrons. The minimum Gasteiger partial charge on any atom is -0.478 e. The van der Waals surface area contributed by atoms with Gasteiger partial charge in [-0.05, 0) is 30.3 Å². The van der Waals surface area contributed by atoms with Crippen LogP contribution in [0.1, 0.15) is 10.4 Å². The Morgan fingerprint density at radius 2 is 1.91 bits per heavy atom. The Bertz CT molecular complexity index is 884. The van der Waals surface area contributed by atoms with Crippen LogP contribution in [0.4, 0.5) is 5.69 Å². The van der Waals surface area contributed by atoms with E-state index in [1.807, 2.05) is 0 Å². The van der Waals surface area contributed by atoms with Crippen LogP contribution < -0.4 is 0 Å². The van der Waals surface area contributed by atoms with Gasteiger partial charge in [-0.3, -0.25) is 10.1 Å². The molecule has 1 heterocycles. The molecule has 0 unspecified atom stereocenters. The molecule has 0 aliphatic carbocycles. The molecule has 0 aliphatic rings. The molecule has 0 saturated heterocycles. The van der Waals surface area contributed by atoms with Crippen LogP contribution in [0, 0.1) is 10.1 Å². The van der Waals surface area contributed by atoms with Crippen molar-refractivity contribution in [2.75, 3.05) is 0 Å². The monoisotopic (exact) mass is 309 g/mol. The van der Waals surface area contributed by atoms with E-state index in [4.69, 9.17) is 5.11 Å². The van der Waals surface area contributed by atoms with Crippen LogP contribution in [0.5, 0.6) is 0 Å². The predicted molar refractivity (Wildman–Crippen MR) is 82.6 cm³/mol. The minimum absolute atomic E-state index is 0.0161. The maximum atomic E-state index is 11.0. The first-order valence-corrected chi connectivity index (χ1v) is 6.67. The summed E-state index contributed by atoms with van der Waals surface area (Å²) in [6.45, 7) is 0. The normalized spacial score (nSPS) is 10.4. The number of imidazole rings is 1. The van der Waals surface area contributed by atoms with E-state index in [2.05, 4.69) is 4.98 Å². The second kappa shape index (κ2) is 5.72. The zero-order valence-corrected chi connectivity index (χ0v) is 11.8. The molecule has 3 aromatic rings. The molecule has 1 aromatic heterocycles. The number of aromatic carboxylic acids is 1. The second-order valence-electron chi connectivity index (χ2n) is 4.83. The number of hydrogen-bond donors (Lipinski definition) is 1. The highest BCUT2D eigenvalue weighted by molar-refractivity contribution is 5.88. The number of nitrogens with zero attached hydrogens (tertiary/aromatic N) is 3. The molecular weight excluding hydrogens is 298 g/mol. The van der Waals surface area contributed by atoms with Gasteiger partial charge in [-0.15, -0.1) is 0 Å². The third-order valence-corrected chi connectivity index (χ3v) is 3.35. The van der Waals surface area contributed by atoms with E-state index in [9.17, 15) is 14.9 Å². The molecule has 0 atom stereocenters. The SMILES string of the molecule is O=C(O)c1cccc(-n2cnc(-c3ccc([N+](=O)[O-])cc3)c2)c1. The van der Waals surface area contributed by atoms with E-state index in [0.29, 0.717) is 11.4 Å². The highest BCUT2D eigenvalue weighted by Gasteiger charge is 2.09. The van der Waals surface area contributed by atoms with E-state index in [1.165, 1.54) is 18.2 Å². The number of carbonyl (C=O) groups is 1. The second-order valence-corrected chi connectivity index (χ2v) is 4.83. The average molecular weight is 309 g/mol. The molecule has 0 amide bonds. The molecule has 3 rings (SSSR count). The Hall–Kier alpha value is -3.48. The lowest BCUT2D eigenvalue weighted by atomic mass is 10.1. The zero-order chi connectivity index (χ0) is 16.4. The van der Waals surface area contributed by atoms with Crippen molar-refractivity contribution in [2.45, 2.75) is 0 Å². The van der Waals surface area contributed by atoms with E-state index in [-0.39, 0.29) is 11.3 Å². The van der Waals surface area contributed by atoms with Crippen molar-refractivity contribution in [3.63, 3.8) is 0 Å². The van der Waals surface area contributed by atoms with Crippen LogP contribution in [0.3, 0.4) is 0 Å². The number of nitro benzene ring substituents is 1. The van der Waals surface area contributed by atoms with Gasteiger partial charge in [0.2, 0.25) is 0 Å². The van der Waals surface area contributed by atoms with Gasteiger partial charge in [0, 0.05) is 29.6 Å². The molecule has 23 heavy (non-hydrogen) atoms. The number of non-ortho nitro benzene ring substituents is 1. The molecule has 0 bridgehead atoms. The molecule has 0 saturated carbocycles. The third-order valence-electron chi connectivity index (χ3n) is 3.35. The maximum absolute atomic E-state index is 11.0. The van der Waals surface area contributed by atoms with E-state index >= 15 is 0 Å². The number of benzene rings is 2. The van der Waals surface area contributed by atoms with Gasteiger partial charge >= 0.3 is 5.97 Å². The molecule has 1 N–H and O–H groups in total. The number of aromatic nitrogens is 2. The third kappa shape index (κ3) is 2.93. The lowest BCUT2D eigenvalue weighted by molar-refractivity contribution is -0.384. The number of carboxylic acid groups (broad SMARTS) is 1. The van der Waals surface area contributed by atoms with E-state index in [0.717, 1.165) is 5.56 Å². The standard InChI is InChI=1S/C16H11N3O4/c20-16(21)12-2-1-3-14(8-12)18-9-15(17-10-18)11-4-6-13(7-5-11)19(22)23/h1-10H,(H,20,21). The smallest absolute Gasteiger partial charge is 0.335 e. The maximum Gasteiger partial charge on any atom is 0.335 e. The Morgan fingerprint density at radius 1 is 1.17 bits per heavy atom. The Kier molecular flexibility index (Phi) is 3.60. The zero-order valence-electron chi connectivity index (χ0n) is 11.8.